The number of fused-ring (bicyclic) bond motifs is 1. The van der Waals surface area contributed by atoms with E-state index in [2.05, 4.69) is 15.5 Å². The lowest BCUT2D eigenvalue weighted by atomic mass is 9.93. The number of benzene rings is 1. The number of pyridine rings is 1. The van der Waals surface area contributed by atoms with Crippen molar-refractivity contribution >= 4 is 27.4 Å². The number of piperidine rings is 1. The average Bonchev–Trinajstić information content (AvgIpc) is 3.16. The van der Waals surface area contributed by atoms with Crippen LogP contribution in [0.5, 0.6) is 0 Å². The molecule has 2 aromatic heterocycles. The van der Waals surface area contributed by atoms with Gasteiger partial charge in [0.05, 0.1) is 23.2 Å². The number of rotatable bonds is 4. The minimum Gasteiger partial charge on any atom is -0.593 e. The topological polar surface area (TPSA) is 111 Å². The van der Waals surface area contributed by atoms with Crippen molar-refractivity contribution in [3.05, 3.63) is 52.8 Å². The van der Waals surface area contributed by atoms with Crippen LogP contribution in [0.3, 0.4) is 0 Å². The van der Waals surface area contributed by atoms with Crippen molar-refractivity contribution in [2.45, 2.75) is 37.5 Å². The van der Waals surface area contributed by atoms with E-state index in [1.165, 1.54) is 4.31 Å². The molecule has 1 aliphatic heterocycles. The minimum atomic E-state index is -3.61. The summed E-state index contributed by atoms with van der Waals surface area (Å²) in [5.41, 5.74) is 2.97. The molecule has 1 amide bonds. The molecule has 0 saturated carbocycles. The van der Waals surface area contributed by atoms with Gasteiger partial charge in [-0.1, -0.05) is 27.1 Å². The van der Waals surface area contributed by atoms with Gasteiger partial charge < -0.3 is 14.4 Å². The number of amides is 1. The molecule has 8 nitrogen and oxygen atoms in total. The Morgan fingerprint density at radius 1 is 1.30 bits per heavy atom. The number of hydrogen-bond acceptors (Lipinski definition) is 6. The summed E-state index contributed by atoms with van der Waals surface area (Å²) < 4.78 is 33.2. The van der Waals surface area contributed by atoms with Crippen molar-refractivity contribution in [3.8, 4) is 0 Å². The Hall–Kier alpha value is -2.62. The second-order valence-corrected chi connectivity index (χ2v) is 9.59. The summed E-state index contributed by atoms with van der Waals surface area (Å²) in [5, 5.41) is 7.39. The molecule has 3 heterocycles. The van der Waals surface area contributed by atoms with Crippen molar-refractivity contribution < 1.29 is 18.1 Å². The molecule has 158 valence electrons. The Morgan fingerprint density at radius 3 is 2.73 bits per heavy atom. The molecule has 2 unspecified atom stereocenters. The number of sulfonamides is 1. The van der Waals surface area contributed by atoms with Gasteiger partial charge in [0, 0.05) is 25.2 Å². The van der Waals surface area contributed by atoms with Gasteiger partial charge in [0.2, 0.25) is 0 Å². The van der Waals surface area contributed by atoms with Crippen LogP contribution in [-0.4, -0.2) is 45.0 Å². The summed E-state index contributed by atoms with van der Waals surface area (Å²) in [6, 6.07) is 8.56. The third-order valence-corrected chi connectivity index (χ3v) is 7.38. The quantitative estimate of drug-likeness (QED) is 0.640. The Balaban J connectivity index is 1.70. The van der Waals surface area contributed by atoms with Gasteiger partial charge in [0.25, 0.3) is 11.6 Å². The van der Waals surface area contributed by atoms with Crippen molar-refractivity contribution in [2.24, 2.45) is 0 Å². The van der Waals surface area contributed by atoms with Crippen molar-refractivity contribution in [1.29, 1.82) is 0 Å². The lowest BCUT2D eigenvalue weighted by Gasteiger charge is -2.33. The maximum Gasteiger partial charge on any atom is 0.259 e. The van der Waals surface area contributed by atoms with Gasteiger partial charge in [-0.25, -0.2) is 4.98 Å². The first-order chi connectivity index (χ1) is 14.3. The fraction of sp³-hybridized carbons (Fsp3) is 0.381. The molecule has 0 radical (unpaired) electrons. The minimum absolute atomic E-state index is 0.187. The summed E-state index contributed by atoms with van der Waals surface area (Å²) >= 11 is 0. The first-order valence-electron chi connectivity index (χ1n) is 9.87. The van der Waals surface area contributed by atoms with E-state index < -0.39 is 10.4 Å². The summed E-state index contributed by atoms with van der Waals surface area (Å²) in [6.07, 6.45) is 1.45. The molecule has 2 atom stereocenters. The number of hydrogen-bond donors (Lipinski definition) is 1. The molecule has 0 spiro atoms. The SMILES string of the molecule is CNC(=O)c1cc(C)nc2onc(C3CCCN([S+](=O)([O-])c4ccc(C)cc4)C3)c12. The third kappa shape index (κ3) is 3.64. The standard InChI is InChI=1S/C21H24N4O4S/c1-13-6-8-16(9-7-13)30(27,28)25-10-4-5-15(12-25)19-18-17(20(26)22-3)11-14(2)23-21(18)29-24-19/h6-9,11,15H,4-5,10,12H2,1-3H3,(H-,22,26,27,28). The van der Waals surface area contributed by atoms with Crippen LogP contribution < -0.4 is 5.32 Å². The summed E-state index contributed by atoms with van der Waals surface area (Å²) in [4.78, 5) is 17.1. The van der Waals surface area contributed by atoms with Crippen LogP contribution in [0.1, 0.15) is 46.1 Å². The third-order valence-electron chi connectivity index (χ3n) is 5.50. The second-order valence-electron chi connectivity index (χ2n) is 7.65. The van der Waals surface area contributed by atoms with Crippen molar-refractivity contribution in [3.63, 3.8) is 0 Å². The highest BCUT2D eigenvalue weighted by Gasteiger charge is 2.37. The van der Waals surface area contributed by atoms with Crippen LogP contribution in [0.2, 0.25) is 0 Å². The van der Waals surface area contributed by atoms with Crippen LogP contribution in [0, 0.1) is 13.8 Å². The fourth-order valence-electron chi connectivity index (χ4n) is 3.93. The maximum absolute atomic E-state index is 13.1. The van der Waals surface area contributed by atoms with Crippen molar-refractivity contribution in [2.75, 3.05) is 20.1 Å². The van der Waals surface area contributed by atoms with E-state index >= 15 is 0 Å². The van der Waals surface area contributed by atoms with Gasteiger partial charge in [-0.15, -0.1) is 4.31 Å². The van der Waals surface area contributed by atoms with Gasteiger partial charge in [-0.05, 0) is 44.9 Å². The van der Waals surface area contributed by atoms with Crippen LogP contribution in [0.25, 0.3) is 11.1 Å². The first kappa shape index (κ1) is 20.6. The molecule has 1 fully saturated rings. The summed E-state index contributed by atoms with van der Waals surface area (Å²) in [7, 11) is -2.05. The van der Waals surface area contributed by atoms with Gasteiger partial charge in [-0.2, -0.15) is 0 Å². The zero-order valence-corrected chi connectivity index (χ0v) is 18.0. The highest BCUT2D eigenvalue weighted by molar-refractivity contribution is 7.95. The zero-order chi connectivity index (χ0) is 21.5. The zero-order valence-electron chi connectivity index (χ0n) is 17.2. The smallest absolute Gasteiger partial charge is 0.259 e. The van der Waals surface area contributed by atoms with Crippen LogP contribution in [0.15, 0.2) is 39.8 Å². The van der Waals surface area contributed by atoms with E-state index in [0.717, 1.165) is 12.0 Å². The van der Waals surface area contributed by atoms with E-state index in [0.29, 0.717) is 41.0 Å². The molecule has 1 N–H and O–H groups in total. The van der Waals surface area contributed by atoms with Crippen LogP contribution in [0.4, 0.5) is 0 Å². The monoisotopic (exact) mass is 428 g/mol. The molecule has 1 saturated heterocycles. The predicted octanol–water partition coefficient (Wildman–Crippen LogP) is 2.98. The average molecular weight is 429 g/mol. The van der Waals surface area contributed by atoms with Crippen LogP contribution in [-0.2, 0) is 14.6 Å². The molecule has 0 aliphatic carbocycles. The van der Waals surface area contributed by atoms with E-state index in [1.807, 2.05) is 6.92 Å². The maximum atomic E-state index is 13.1. The van der Waals surface area contributed by atoms with E-state index in [4.69, 9.17) is 4.52 Å². The van der Waals surface area contributed by atoms with E-state index in [-0.39, 0.29) is 23.3 Å². The number of aryl methyl sites for hydroxylation is 2. The molecule has 0 bridgehead atoms. The molecule has 9 heteroatoms. The Bertz CT molecular complexity index is 1140. The molecular formula is C21H24N4O4S. The largest absolute Gasteiger partial charge is 0.593 e. The normalized spacial score (nSPS) is 19.5. The van der Waals surface area contributed by atoms with Crippen LogP contribution >= 0.6 is 0 Å². The Kier molecular flexibility index (Phi) is 5.44. The van der Waals surface area contributed by atoms with Gasteiger partial charge in [0.15, 0.2) is 15.3 Å². The number of nitrogens with zero attached hydrogens (tertiary/aromatic N) is 3. The number of carbonyl (C=O) groups is 1. The van der Waals surface area contributed by atoms with Gasteiger partial charge in [0.1, 0.15) is 0 Å². The number of aromatic nitrogens is 2. The molecule has 1 aromatic carbocycles. The fourth-order valence-corrected chi connectivity index (χ4v) is 5.46. The summed E-state index contributed by atoms with van der Waals surface area (Å²) in [5.74, 6) is -0.442. The lowest BCUT2D eigenvalue weighted by molar-refractivity contribution is 0.0964. The first-order valence-corrected chi connectivity index (χ1v) is 11.3. The second kappa shape index (κ2) is 7.90. The Morgan fingerprint density at radius 2 is 2.03 bits per heavy atom. The van der Waals surface area contributed by atoms with Gasteiger partial charge >= 0.3 is 0 Å². The highest BCUT2D eigenvalue weighted by Crippen LogP contribution is 2.36. The molecular weight excluding hydrogens is 404 g/mol. The molecule has 3 aromatic rings. The Labute approximate surface area is 176 Å². The molecule has 30 heavy (non-hydrogen) atoms. The number of carbonyl (C=O) groups excluding carboxylic acids is 1. The highest BCUT2D eigenvalue weighted by atomic mass is 32.3. The van der Waals surface area contributed by atoms with Crippen molar-refractivity contribution in [1.82, 2.24) is 19.8 Å². The van der Waals surface area contributed by atoms with E-state index in [9.17, 15) is 13.6 Å². The molecule has 1 aliphatic rings. The summed E-state index contributed by atoms with van der Waals surface area (Å²) in [6.45, 7) is 4.43. The number of nitrogens with one attached hydrogen (secondary N) is 1. The van der Waals surface area contributed by atoms with E-state index in [1.54, 1.807) is 44.3 Å². The predicted molar refractivity (Wildman–Crippen MR) is 112 cm³/mol. The molecule has 4 rings (SSSR count). The van der Waals surface area contributed by atoms with Gasteiger partial charge in [-0.3, -0.25) is 4.79 Å². The lowest BCUT2D eigenvalue weighted by Crippen LogP contribution is -2.42.